The van der Waals surface area contributed by atoms with Crippen molar-refractivity contribution in [1.82, 2.24) is 16.0 Å². The molecule has 3 amide bonds. The molecule has 140 valence electrons. The molecular weight excluding hydrogens is 322 g/mol. The molecule has 7 nitrogen and oxygen atoms in total. The Labute approximate surface area is 148 Å². The summed E-state index contributed by atoms with van der Waals surface area (Å²) in [7, 11) is 0. The number of carbonyl (C=O) groups is 3. The molecule has 7 heteroatoms. The van der Waals surface area contributed by atoms with Crippen molar-refractivity contribution in [2.45, 2.75) is 63.3 Å². The van der Waals surface area contributed by atoms with Crippen molar-refractivity contribution in [1.29, 1.82) is 0 Å². The molecule has 0 heterocycles. The third-order valence-electron chi connectivity index (χ3n) is 5.94. The molecule has 0 atom stereocenters. The molecule has 0 aromatic heterocycles. The number of aliphatic carboxylic acids is 1. The molecule has 4 fully saturated rings. The molecule has 25 heavy (non-hydrogen) atoms. The van der Waals surface area contributed by atoms with Gasteiger partial charge in [0.25, 0.3) is 0 Å². The second-order valence-electron chi connectivity index (χ2n) is 8.18. The maximum absolute atomic E-state index is 12.2. The van der Waals surface area contributed by atoms with Crippen molar-refractivity contribution >= 4 is 17.9 Å². The quantitative estimate of drug-likeness (QED) is 0.498. The van der Waals surface area contributed by atoms with E-state index in [0.29, 0.717) is 19.5 Å². The van der Waals surface area contributed by atoms with Gasteiger partial charge in [-0.25, -0.2) is 4.79 Å². The van der Waals surface area contributed by atoms with E-state index in [-0.39, 0.29) is 30.3 Å². The molecule has 0 aromatic carbocycles. The summed E-state index contributed by atoms with van der Waals surface area (Å²) in [6.45, 7) is 0.646. The third-order valence-corrected chi connectivity index (χ3v) is 5.94. The first kappa shape index (κ1) is 18.0. The zero-order valence-electron chi connectivity index (χ0n) is 14.7. The van der Waals surface area contributed by atoms with Crippen LogP contribution in [0.1, 0.15) is 57.8 Å². The van der Waals surface area contributed by atoms with Crippen molar-refractivity contribution in [3.8, 4) is 0 Å². The van der Waals surface area contributed by atoms with Crippen LogP contribution >= 0.6 is 0 Å². The van der Waals surface area contributed by atoms with Crippen LogP contribution < -0.4 is 16.0 Å². The maximum atomic E-state index is 12.2. The van der Waals surface area contributed by atoms with E-state index in [1.165, 1.54) is 19.3 Å². The van der Waals surface area contributed by atoms with Crippen molar-refractivity contribution in [2.75, 3.05) is 13.1 Å². The Bertz CT molecular complexity index is 499. The number of hydrogen-bond acceptors (Lipinski definition) is 3. The molecule has 0 aliphatic heterocycles. The topological polar surface area (TPSA) is 108 Å². The summed E-state index contributed by atoms with van der Waals surface area (Å²) in [6.07, 6.45) is 8.01. The van der Waals surface area contributed by atoms with Gasteiger partial charge in [0.2, 0.25) is 5.91 Å². The molecule has 0 aromatic rings. The van der Waals surface area contributed by atoms with Gasteiger partial charge in [-0.3, -0.25) is 9.59 Å². The summed E-state index contributed by atoms with van der Waals surface area (Å²) >= 11 is 0. The van der Waals surface area contributed by atoms with Crippen LogP contribution in [-0.4, -0.2) is 41.6 Å². The monoisotopic (exact) mass is 351 g/mol. The lowest BCUT2D eigenvalue weighted by molar-refractivity contribution is -0.137. The first-order valence-electron chi connectivity index (χ1n) is 9.49. The van der Waals surface area contributed by atoms with E-state index in [0.717, 1.165) is 37.0 Å². The summed E-state index contributed by atoms with van der Waals surface area (Å²) in [5.74, 6) is 1.31. The average Bonchev–Trinajstić information content (AvgIpc) is 2.49. The summed E-state index contributed by atoms with van der Waals surface area (Å²) < 4.78 is 0. The number of amides is 3. The highest BCUT2D eigenvalue weighted by Gasteiger charge is 2.51. The molecule has 4 bridgehead atoms. The van der Waals surface area contributed by atoms with E-state index in [4.69, 9.17) is 5.11 Å². The zero-order valence-corrected chi connectivity index (χ0v) is 14.7. The van der Waals surface area contributed by atoms with Crippen LogP contribution in [0.15, 0.2) is 0 Å². The Hall–Kier alpha value is -1.79. The molecule has 0 spiro atoms. The number of urea groups is 1. The van der Waals surface area contributed by atoms with Crippen molar-refractivity contribution in [3.63, 3.8) is 0 Å². The normalized spacial score (nSPS) is 32.2. The van der Waals surface area contributed by atoms with Gasteiger partial charge >= 0.3 is 12.0 Å². The minimum Gasteiger partial charge on any atom is -0.481 e. The fraction of sp³-hybridized carbons (Fsp3) is 0.833. The minimum atomic E-state index is -0.864. The number of nitrogens with one attached hydrogen (secondary N) is 3. The van der Waals surface area contributed by atoms with Gasteiger partial charge in [0.1, 0.15) is 0 Å². The van der Waals surface area contributed by atoms with Crippen molar-refractivity contribution < 1.29 is 19.5 Å². The molecule has 4 aliphatic rings. The van der Waals surface area contributed by atoms with E-state index in [2.05, 4.69) is 16.0 Å². The number of carbonyl (C=O) groups excluding carboxylic acids is 2. The predicted molar refractivity (Wildman–Crippen MR) is 91.9 cm³/mol. The lowest BCUT2D eigenvalue weighted by Gasteiger charge is -2.56. The highest BCUT2D eigenvalue weighted by Crippen LogP contribution is 2.55. The van der Waals surface area contributed by atoms with Gasteiger partial charge < -0.3 is 21.1 Å². The van der Waals surface area contributed by atoms with E-state index >= 15 is 0 Å². The molecule has 4 aliphatic carbocycles. The fourth-order valence-electron chi connectivity index (χ4n) is 5.39. The predicted octanol–water partition coefficient (Wildman–Crippen LogP) is 1.63. The Balaban J connectivity index is 1.32. The van der Waals surface area contributed by atoms with Crippen LogP contribution in [0, 0.1) is 17.8 Å². The summed E-state index contributed by atoms with van der Waals surface area (Å²) in [4.78, 5) is 34.3. The van der Waals surface area contributed by atoms with E-state index in [1.807, 2.05) is 0 Å². The van der Waals surface area contributed by atoms with Crippen LogP contribution in [-0.2, 0) is 9.59 Å². The van der Waals surface area contributed by atoms with Gasteiger partial charge in [0.15, 0.2) is 0 Å². The summed E-state index contributed by atoms with van der Waals surface area (Å²) in [6, 6.07) is -0.166. The zero-order chi connectivity index (χ0) is 17.9. The number of carboxylic acids is 1. The van der Waals surface area contributed by atoms with Gasteiger partial charge in [0.05, 0.1) is 0 Å². The number of hydrogen-bond donors (Lipinski definition) is 4. The van der Waals surface area contributed by atoms with E-state index in [9.17, 15) is 14.4 Å². The molecule has 0 unspecified atom stereocenters. The van der Waals surface area contributed by atoms with Crippen LogP contribution in [0.3, 0.4) is 0 Å². The second kappa shape index (κ2) is 7.62. The molecule has 0 saturated heterocycles. The van der Waals surface area contributed by atoms with Gasteiger partial charge in [-0.15, -0.1) is 0 Å². The second-order valence-corrected chi connectivity index (χ2v) is 8.18. The molecule has 0 radical (unpaired) electrons. The third kappa shape index (κ3) is 4.86. The standard InChI is InChI=1S/C18H29N3O4/c22-15(19-4-1-2-16(23)24)3-5-20-17(25)21-18-9-12-6-13(10-18)8-14(7-12)11-18/h12-14H,1-11H2,(H,19,22)(H,23,24)(H2,20,21,25). The smallest absolute Gasteiger partial charge is 0.315 e. The van der Waals surface area contributed by atoms with E-state index < -0.39 is 5.97 Å². The van der Waals surface area contributed by atoms with Crippen molar-refractivity contribution in [3.05, 3.63) is 0 Å². The van der Waals surface area contributed by atoms with Crippen LogP contribution in [0.2, 0.25) is 0 Å². The average molecular weight is 351 g/mol. The first-order valence-corrected chi connectivity index (χ1v) is 9.49. The van der Waals surface area contributed by atoms with Crippen LogP contribution in [0.25, 0.3) is 0 Å². The minimum absolute atomic E-state index is 0.0159. The maximum Gasteiger partial charge on any atom is 0.315 e. The SMILES string of the molecule is O=C(O)CCCNC(=O)CCNC(=O)NC12CC3CC(CC(C3)C1)C2. The molecule has 4 rings (SSSR count). The lowest BCUT2D eigenvalue weighted by atomic mass is 9.53. The number of rotatable bonds is 8. The summed E-state index contributed by atoms with van der Waals surface area (Å²) in [5.41, 5.74) is -0.0159. The van der Waals surface area contributed by atoms with Gasteiger partial charge in [-0.1, -0.05) is 0 Å². The Morgan fingerprint density at radius 1 is 0.880 bits per heavy atom. The highest BCUT2D eigenvalue weighted by atomic mass is 16.4. The Morgan fingerprint density at radius 2 is 1.48 bits per heavy atom. The summed E-state index contributed by atoms with van der Waals surface area (Å²) in [5, 5.41) is 17.2. The van der Waals surface area contributed by atoms with Crippen molar-refractivity contribution in [2.24, 2.45) is 17.8 Å². The Morgan fingerprint density at radius 3 is 2.04 bits per heavy atom. The van der Waals surface area contributed by atoms with Crippen LogP contribution in [0.4, 0.5) is 4.79 Å². The molecule has 4 N–H and O–H groups in total. The molecule has 4 saturated carbocycles. The first-order chi connectivity index (χ1) is 11.9. The van der Waals surface area contributed by atoms with Gasteiger partial charge in [0, 0.05) is 31.5 Å². The largest absolute Gasteiger partial charge is 0.481 e. The van der Waals surface area contributed by atoms with Gasteiger partial charge in [-0.05, 0) is 62.7 Å². The van der Waals surface area contributed by atoms with Gasteiger partial charge in [-0.2, -0.15) is 0 Å². The fourth-order valence-corrected chi connectivity index (χ4v) is 5.39. The van der Waals surface area contributed by atoms with E-state index in [1.54, 1.807) is 0 Å². The number of carboxylic acid groups (broad SMARTS) is 1. The van der Waals surface area contributed by atoms with Crippen LogP contribution in [0.5, 0.6) is 0 Å². The Kier molecular flexibility index (Phi) is 5.49. The lowest BCUT2D eigenvalue weighted by Crippen LogP contribution is -2.61. The molecular formula is C18H29N3O4. The highest BCUT2D eigenvalue weighted by molar-refractivity contribution is 5.78.